The van der Waals surface area contributed by atoms with Crippen LogP contribution in [0.15, 0.2) is 29.4 Å². The average Bonchev–Trinajstić information content (AvgIpc) is 2.41. The Bertz CT molecular complexity index is 399. The largest absolute Gasteiger partial charge is 0.313 e. The van der Waals surface area contributed by atoms with Gasteiger partial charge in [0.05, 0.1) is 0 Å². The number of hydrogen-bond acceptors (Lipinski definition) is 3. The van der Waals surface area contributed by atoms with Crippen LogP contribution in [0.25, 0.3) is 0 Å². The minimum Gasteiger partial charge on any atom is -0.313 e. The van der Waals surface area contributed by atoms with Crippen molar-refractivity contribution >= 4 is 11.8 Å². The Labute approximate surface area is 128 Å². The molecule has 3 atom stereocenters. The second kappa shape index (κ2) is 6.95. The zero-order chi connectivity index (χ0) is 14.6. The smallest absolute Gasteiger partial charge is 0.0278 e. The number of aromatic nitrogens is 1. The molecule has 1 saturated carbocycles. The van der Waals surface area contributed by atoms with Crippen molar-refractivity contribution in [1.29, 1.82) is 0 Å². The number of thioether (sulfide) groups is 1. The molecule has 1 aliphatic carbocycles. The van der Waals surface area contributed by atoms with Gasteiger partial charge in [-0.2, -0.15) is 0 Å². The van der Waals surface area contributed by atoms with E-state index in [1.165, 1.54) is 24.2 Å². The Morgan fingerprint density at radius 1 is 1.25 bits per heavy atom. The van der Waals surface area contributed by atoms with Crippen LogP contribution >= 0.6 is 11.8 Å². The van der Waals surface area contributed by atoms with Crippen molar-refractivity contribution in [2.24, 2.45) is 11.3 Å². The molecular formula is C17H28N2S. The summed E-state index contributed by atoms with van der Waals surface area (Å²) in [6.45, 7) is 10.4. The summed E-state index contributed by atoms with van der Waals surface area (Å²) in [7, 11) is 0. The van der Waals surface area contributed by atoms with Crippen LogP contribution < -0.4 is 5.32 Å². The molecule has 20 heavy (non-hydrogen) atoms. The maximum absolute atomic E-state index is 4.12. The molecule has 0 bridgehead atoms. The van der Waals surface area contributed by atoms with Gasteiger partial charge in [0.2, 0.25) is 0 Å². The zero-order valence-corrected chi connectivity index (χ0v) is 14.0. The number of nitrogens with one attached hydrogen (secondary N) is 1. The van der Waals surface area contributed by atoms with E-state index in [1.807, 2.05) is 24.2 Å². The number of nitrogens with zero attached hydrogens (tertiary/aromatic N) is 1. The van der Waals surface area contributed by atoms with Crippen molar-refractivity contribution in [3.05, 3.63) is 24.5 Å². The number of hydrogen-bond donors (Lipinski definition) is 1. The monoisotopic (exact) mass is 292 g/mol. The molecule has 2 rings (SSSR count). The highest BCUT2D eigenvalue weighted by atomic mass is 32.2. The maximum atomic E-state index is 4.12. The molecule has 0 radical (unpaired) electrons. The summed E-state index contributed by atoms with van der Waals surface area (Å²) in [5.74, 6) is 0.830. The predicted octanol–water partition coefficient (Wildman–Crippen LogP) is 4.37. The third kappa shape index (κ3) is 4.23. The first kappa shape index (κ1) is 15.8. The van der Waals surface area contributed by atoms with Crippen LogP contribution in [0, 0.1) is 11.3 Å². The molecule has 1 aliphatic rings. The molecule has 0 spiro atoms. The Balaban J connectivity index is 2.07. The summed E-state index contributed by atoms with van der Waals surface area (Å²) in [4.78, 5) is 5.47. The van der Waals surface area contributed by atoms with Crippen molar-refractivity contribution in [2.75, 3.05) is 6.54 Å². The van der Waals surface area contributed by atoms with E-state index in [9.17, 15) is 0 Å². The van der Waals surface area contributed by atoms with Gasteiger partial charge < -0.3 is 5.32 Å². The van der Waals surface area contributed by atoms with E-state index < -0.39 is 0 Å². The van der Waals surface area contributed by atoms with Gasteiger partial charge in [0, 0.05) is 28.6 Å². The van der Waals surface area contributed by atoms with Gasteiger partial charge in [-0.1, -0.05) is 27.7 Å². The van der Waals surface area contributed by atoms with Crippen LogP contribution in [0.3, 0.4) is 0 Å². The molecule has 3 unspecified atom stereocenters. The first-order valence-corrected chi connectivity index (χ1v) is 8.68. The van der Waals surface area contributed by atoms with Gasteiger partial charge in [-0.05, 0) is 49.3 Å². The summed E-state index contributed by atoms with van der Waals surface area (Å²) < 4.78 is 0. The Hall–Kier alpha value is -0.540. The number of rotatable bonds is 4. The SMILES string of the molecule is CCNC1CCC(C(C)(C)C)CC1Sc1ccncc1. The summed E-state index contributed by atoms with van der Waals surface area (Å²) in [5, 5.41) is 4.37. The summed E-state index contributed by atoms with van der Waals surface area (Å²) in [6.07, 6.45) is 7.77. The quantitative estimate of drug-likeness (QED) is 0.892. The van der Waals surface area contributed by atoms with Gasteiger partial charge in [-0.25, -0.2) is 0 Å². The molecule has 1 fully saturated rings. The highest BCUT2D eigenvalue weighted by Gasteiger charge is 2.35. The molecule has 0 aliphatic heterocycles. The van der Waals surface area contributed by atoms with E-state index in [0.717, 1.165) is 12.5 Å². The highest BCUT2D eigenvalue weighted by molar-refractivity contribution is 8.00. The second-order valence-corrected chi connectivity index (χ2v) is 8.19. The molecule has 112 valence electrons. The second-order valence-electron chi connectivity index (χ2n) is 6.88. The minimum absolute atomic E-state index is 0.425. The van der Waals surface area contributed by atoms with Crippen molar-refractivity contribution in [1.82, 2.24) is 10.3 Å². The Morgan fingerprint density at radius 2 is 1.95 bits per heavy atom. The average molecular weight is 292 g/mol. The van der Waals surface area contributed by atoms with Gasteiger partial charge in [-0.15, -0.1) is 11.8 Å². The van der Waals surface area contributed by atoms with Gasteiger partial charge in [-0.3, -0.25) is 4.98 Å². The van der Waals surface area contributed by atoms with E-state index in [0.29, 0.717) is 16.7 Å². The molecule has 3 heteroatoms. The van der Waals surface area contributed by atoms with E-state index in [1.54, 1.807) is 0 Å². The lowest BCUT2D eigenvalue weighted by Crippen LogP contribution is -2.44. The van der Waals surface area contributed by atoms with Crippen LogP contribution in [0.5, 0.6) is 0 Å². The van der Waals surface area contributed by atoms with Crippen LogP contribution in [-0.2, 0) is 0 Å². The normalized spacial score (nSPS) is 27.5. The van der Waals surface area contributed by atoms with Crippen LogP contribution in [0.1, 0.15) is 47.0 Å². The number of pyridine rings is 1. The summed E-state index contributed by atoms with van der Waals surface area (Å²) >= 11 is 2.03. The van der Waals surface area contributed by atoms with E-state index >= 15 is 0 Å². The molecule has 0 aromatic carbocycles. The summed E-state index contributed by atoms with van der Waals surface area (Å²) in [6, 6.07) is 4.92. The molecule has 2 nitrogen and oxygen atoms in total. The van der Waals surface area contributed by atoms with Gasteiger partial charge in [0.15, 0.2) is 0 Å². The van der Waals surface area contributed by atoms with Crippen LogP contribution in [-0.4, -0.2) is 22.8 Å². The topological polar surface area (TPSA) is 24.9 Å². The van der Waals surface area contributed by atoms with E-state index in [-0.39, 0.29) is 0 Å². The van der Waals surface area contributed by atoms with Crippen molar-refractivity contribution in [2.45, 2.75) is 63.1 Å². The lowest BCUT2D eigenvalue weighted by Gasteiger charge is -2.42. The minimum atomic E-state index is 0.425. The highest BCUT2D eigenvalue weighted by Crippen LogP contribution is 2.43. The molecule has 1 aromatic heterocycles. The third-order valence-electron chi connectivity index (χ3n) is 4.42. The maximum Gasteiger partial charge on any atom is 0.0278 e. The van der Waals surface area contributed by atoms with E-state index in [2.05, 4.69) is 50.1 Å². The van der Waals surface area contributed by atoms with Gasteiger partial charge in [0.25, 0.3) is 0 Å². The van der Waals surface area contributed by atoms with Crippen LogP contribution in [0.4, 0.5) is 0 Å². The molecular weight excluding hydrogens is 264 g/mol. The standard InChI is InChI=1S/C17H28N2S/c1-5-19-15-7-6-13(17(2,3)4)12-16(15)20-14-8-10-18-11-9-14/h8-11,13,15-16,19H,5-7,12H2,1-4H3. The molecule has 1 heterocycles. The lowest BCUT2D eigenvalue weighted by molar-refractivity contribution is 0.165. The van der Waals surface area contributed by atoms with Gasteiger partial charge >= 0.3 is 0 Å². The fourth-order valence-electron chi connectivity index (χ4n) is 3.13. The van der Waals surface area contributed by atoms with Crippen molar-refractivity contribution in [3.63, 3.8) is 0 Å². The predicted molar refractivity (Wildman–Crippen MR) is 88.1 cm³/mol. The van der Waals surface area contributed by atoms with Crippen molar-refractivity contribution in [3.8, 4) is 0 Å². The van der Waals surface area contributed by atoms with Gasteiger partial charge in [0.1, 0.15) is 0 Å². The first-order valence-electron chi connectivity index (χ1n) is 7.80. The molecule has 0 amide bonds. The summed E-state index contributed by atoms with van der Waals surface area (Å²) in [5.41, 5.74) is 0.425. The van der Waals surface area contributed by atoms with E-state index in [4.69, 9.17) is 0 Å². The fraction of sp³-hybridized carbons (Fsp3) is 0.706. The molecule has 1 aromatic rings. The zero-order valence-electron chi connectivity index (χ0n) is 13.2. The molecule has 0 saturated heterocycles. The Morgan fingerprint density at radius 3 is 2.55 bits per heavy atom. The van der Waals surface area contributed by atoms with Crippen molar-refractivity contribution < 1.29 is 0 Å². The van der Waals surface area contributed by atoms with Crippen LogP contribution in [0.2, 0.25) is 0 Å². The first-order chi connectivity index (χ1) is 9.50. The molecule has 1 N–H and O–H groups in total. The third-order valence-corrected chi connectivity index (χ3v) is 5.79. The lowest BCUT2D eigenvalue weighted by atomic mass is 9.71. The Kier molecular flexibility index (Phi) is 5.50. The fourth-order valence-corrected chi connectivity index (χ4v) is 4.49.